The molecule has 1 aromatic rings. The number of hydrogen-bond acceptors (Lipinski definition) is 1. The average Bonchev–Trinajstić information content (AvgIpc) is 2.08. The Labute approximate surface area is 77.7 Å². The average molecular weight is 236 g/mol. The maximum absolute atomic E-state index is 12.6. The molecule has 66 valence electrons. The molecular weight excluding hydrogens is 228 g/mol. The summed E-state index contributed by atoms with van der Waals surface area (Å²) >= 11 is 3.16. The molecule has 0 saturated carbocycles. The van der Waals surface area contributed by atoms with E-state index in [1.165, 1.54) is 18.2 Å². The number of nitrogens with two attached hydrogens (primary N) is 1. The van der Waals surface area contributed by atoms with Crippen LogP contribution in [0.25, 0.3) is 0 Å². The first kappa shape index (κ1) is 9.61. The van der Waals surface area contributed by atoms with Crippen molar-refractivity contribution in [1.82, 2.24) is 0 Å². The summed E-state index contributed by atoms with van der Waals surface area (Å²) in [6.07, 6.45) is 0. The second-order valence-corrected chi connectivity index (χ2v) is 3.28. The van der Waals surface area contributed by atoms with E-state index in [1.54, 1.807) is 0 Å². The van der Waals surface area contributed by atoms with Crippen molar-refractivity contribution >= 4 is 15.9 Å². The predicted molar refractivity (Wildman–Crippen MR) is 47.0 cm³/mol. The van der Waals surface area contributed by atoms with Crippen molar-refractivity contribution in [3.05, 3.63) is 34.1 Å². The quantitative estimate of drug-likeness (QED) is 0.838. The Morgan fingerprint density at radius 1 is 1.50 bits per heavy atom. The van der Waals surface area contributed by atoms with E-state index in [2.05, 4.69) is 15.9 Å². The molecule has 0 aliphatic carbocycles. The maximum Gasteiger partial charge on any atom is 0.123 e. The highest BCUT2D eigenvalue weighted by atomic mass is 79.9. The van der Waals surface area contributed by atoms with E-state index in [9.17, 15) is 8.78 Å². The fourth-order valence-electron chi connectivity index (χ4n) is 0.882. The van der Waals surface area contributed by atoms with Crippen LogP contribution in [0.5, 0.6) is 0 Å². The molecule has 2 N–H and O–H groups in total. The molecular formula is C8H8BrF2N. The van der Waals surface area contributed by atoms with E-state index in [-0.39, 0.29) is 0 Å². The van der Waals surface area contributed by atoms with E-state index >= 15 is 0 Å². The zero-order valence-electron chi connectivity index (χ0n) is 6.23. The van der Waals surface area contributed by atoms with Crippen LogP contribution in [0.2, 0.25) is 0 Å². The molecule has 1 aromatic carbocycles. The topological polar surface area (TPSA) is 26.0 Å². The summed E-state index contributed by atoms with van der Waals surface area (Å²) in [5.41, 5.74) is 5.85. The summed E-state index contributed by atoms with van der Waals surface area (Å²) in [5.74, 6) is -0.405. The van der Waals surface area contributed by atoms with Gasteiger partial charge >= 0.3 is 0 Å². The van der Waals surface area contributed by atoms with Gasteiger partial charge in [0.1, 0.15) is 12.5 Å². The van der Waals surface area contributed by atoms with E-state index in [4.69, 9.17) is 5.73 Å². The van der Waals surface area contributed by atoms with E-state index < -0.39 is 18.5 Å². The van der Waals surface area contributed by atoms with E-state index in [0.29, 0.717) is 10.0 Å². The number of alkyl halides is 1. The summed E-state index contributed by atoms with van der Waals surface area (Å²) in [6.45, 7) is -0.692. The van der Waals surface area contributed by atoms with Crippen molar-refractivity contribution in [2.24, 2.45) is 5.73 Å². The van der Waals surface area contributed by atoms with Crippen LogP contribution in [0, 0.1) is 5.82 Å². The lowest BCUT2D eigenvalue weighted by Crippen LogP contribution is -2.12. The van der Waals surface area contributed by atoms with Crippen molar-refractivity contribution in [3.63, 3.8) is 0 Å². The lowest BCUT2D eigenvalue weighted by atomic mass is 10.1. The molecule has 0 bridgehead atoms. The molecule has 0 heterocycles. The van der Waals surface area contributed by atoms with Crippen LogP contribution >= 0.6 is 15.9 Å². The van der Waals surface area contributed by atoms with E-state index in [0.717, 1.165) is 0 Å². The summed E-state index contributed by atoms with van der Waals surface area (Å²) < 4.78 is 25.4. The highest BCUT2D eigenvalue weighted by molar-refractivity contribution is 9.10. The van der Waals surface area contributed by atoms with Crippen molar-refractivity contribution < 1.29 is 8.78 Å². The van der Waals surface area contributed by atoms with Crippen molar-refractivity contribution in [2.45, 2.75) is 6.04 Å². The van der Waals surface area contributed by atoms with Crippen LogP contribution in [-0.4, -0.2) is 6.67 Å². The van der Waals surface area contributed by atoms with Crippen LogP contribution in [-0.2, 0) is 0 Å². The van der Waals surface area contributed by atoms with Gasteiger partial charge in [0.05, 0.1) is 6.04 Å². The monoisotopic (exact) mass is 235 g/mol. The third-order valence-corrected chi connectivity index (χ3v) is 2.25. The summed E-state index contributed by atoms with van der Waals surface area (Å²) in [7, 11) is 0. The molecule has 0 aliphatic heterocycles. The van der Waals surface area contributed by atoms with Crippen molar-refractivity contribution in [2.75, 3.05) is 6.67 Å². The molecule has 0 aliphatic rings. The minimum Gasteiger partial charge on any atom is -0.322 e. The zero-order chi connectivity index (χ0) is 9.14. The van der Waals surface area contributed by atoms with Crippen LogP contribution < -0.4 is 5.73 Å². The Morgan fingerprint density at radius 3 is 2.75 bits per heavy atom. The van der Waals surface area contributed by atoms with Crippen LogP contribution in [0.4, 0.5) is 8.78 Å². The molecule has 4 heteroatoms. The molecule has 0 amide bonds. The van der Waals surface area contributed by atoms with Gasteiger partial charge in [-0.1, -0.05) is 15.9 Å². The first-order valence-corrected chi connectivity index (χ1v) is 4.21. The first-order chi connectivity index (χ1) is 5.65. The summed E-state index contributed by atoms with van der Waals surface area (Å²) in [4.78, 5) is 0. The Balaban J connectivity index is 3.04. The molecule has 12 heavy (non-hydrogen) atoms. The van der Waals surface area contributed by atoms with Gasteiger partial charge in [-0.05, 0) is 23.8 Å². The molecule has 0 spiro atoms. The fourth-order valence-corrected chi connectivity index (χ4v) is 1.42. The molecule has 1 rings (SSSR count). The second-order valence-electron chi connectivity index (χ2n) is 2.43. The third kappa shape index (κ3) is 2.01. The van der Waals surface area contributed by atoms with Crippen molar-refractivity contribution in [3.8, 4) is 0 Å². The van der Waals surface area contributed by atoms with Crippen molar-refractivity contribution in [1.29, 1.82) is 0 Å². The van der Waals surface area contributed by atoms with Gasteiger partial charge in [0.15, 0.2) is 0 Å². The van der Waals surface area contributed by atoms with Crippen LogP contribution in [0.3, 0.4) is 0 Å². The molecule has 0 radical (unpaired) electrons. The number of benzene rings is 1. The SMILES string of the molecule is N[C@H](CF)c1cc(F)ccc1Br. The molecule has 1 nitrogen and oxygen atoms in total. The molecule has 1 atom stereocenters. The highest BCUT2D eigenvalue weighted by Gasteiger charge is 2.09. The summed E-state index contributed by atoms with van der Waals surface area (Å²) in [5, 5.41) is 0. The Bertz CT molecular complexity index is 278. The van der Waals surface area contributed by atoms with Gasteiger partial charge in [-0.2, -0.15) is 0 Å². The highest BCUT2D eigenvalue weighted by Crippen LogP contribution is 2.23. The predicted octanol–water partition coefficient (Wildman–Crippen LogP) is 2.56. The van der Waals surface area contributed by atoms with Gasteiger partial charge in [0.25, 0.3) is 0 Å². The third-order valence-electron chi connectivity index (χ3n) is 1.52. The van der Waals surface area contributed by atoms with Gasteiger partial charge in [0.2, 0.25) is 0 Å². The molecule has 0 aromatic heterocycles. The fraction of sp³-hybridized carbons (Fsp3) is 0.250. The standard InChI is InChI=1S/C8H8BrF2N/c9-7-2-1-5(11)3-6(7)8(12)4-10/h1-3,8H,4,12H2/t8-/m1/s1. The van der Waals surface area contributed by atoms with Crippen LogP contribution in [0.1, 0.15) is 11.6 Å². The first-order valence-electron chi connectivity index (χ1n) is 3.41. The zero-order valence-corrected chi connectivity index (χ0v) is 7.81. The molecule has 0 unspecified atom stereocenters. The molecule has 0 fully saturated rings. The van der Waals surface area contributed by atoms with Crippen LogP contribution in [0.15, 0.2) is 22.7 Å². The van der Waals surface area contributed by atoms with E-state index in [1.807, 2.05) is 0 Å². The number of halogens is 3. The summed E-state index contributed by atoms with van der Waals surface area (Å²) in [6, 6.07) is 3.28. The number of hydrogen-bond donors (Lipinski definition) is 1. The maximum atomic E-state index is 12.6. The lowest BCUT2D eigenvalue weighted by Gasteiger charge is -2.09. The molecule has 0 saturated heterocycles. The minimum absolute atomic E-state index is 0.405. The van der Waals surface area contributed by atoms with Gasteiger partial charge in [-0.3, -0.25) is 0 Å². The largest absolute Gasteiger partial charge is 0.322 e. The smallest absolute Gasteiger partial charge is 0.123 e. The van der Waals surface area contributed by atoms with Gasteiger partial charge in [0, 0.05) is 4.47 Å². The van der Waals surface area contributed by atoms with Gasteiger partial charge in [-0.25, -0.2) is 8.78 Å². The Morgan fingerprint density at radius 2 is 2.17 bits per heavy atom. The minimum atomic E-state index is -0.755. The number of rotatable bonds is 2. The van der Waals surface area contributed by atoms with Gasteiger partial charge < -0.3 is 5.73 Å². The van der Waals surface area contributed by atoms with Gasteiger partial charge in [-0.15, -0.1) is 0 Å². The normalized spacial score (nSPS) is 13.0. The second kappa shape index (κ2) is 3.96. The lowest BCUT2D eigenvalue weighted by molar-refractivity contribution is 0.435. The Hall–Kier alpha value is -0.480. The Kier molecular flexibility index (Phi) is 3.17.